The highest BCUT2D eigenvalue weighted by molar-refractivity contribution is 9.10. The van der Waals surface area contributed by atoms with Gasteiger partial charge in [-0.25, -0.2) is 4.39 Å². The van der Waals surface area contributed by atoms with E-state index in [0.29, 0.717) is 0 Å². The Morgan fingerprint density at radius 2 is 1.92 bits per heavy atom. The van der Waals surface area contributed by atoms with E-state index in [2.05, 4.69) is 15.9 Å². The molecular formula is C6H5BrClFO3S. The van der Waals surface area contributed by atoms with E-state index in [9.17, 15) is 12.8 Å². The highest BCUT2D eigenvalue weighted by atomic mass is 79.9. The molecule has 1 rings (SSSR count). The molecule has 0 amide bonds. The van der Waals surface area contributed by atoms with Crippen LogP contribution in [0.25, 0.3) is 0 Å². The third-order valence-corrected chi connectivity index (χ3v) is 3.00. The maximum atomic E-state index is 12.4. The molecule has 7 heteroatoms. The molecule has 0 unspecified atom stereocenters. The van der Waals surface area contributed by atoms with Crippen LogP contribution in [-0.4, -0.2) is 13.0 Å². The van der Waals surface area contributed by atoms with E-state index in [1.165, 1.54) is 0 Å². The first-order chi connectivity index (χ1) is 5.41. The second-order valence-electron chi connectivity index (χ2n) is 2.05. The van der Waals surface area contributed by atoms with Gasteiger partial charge in [-0.05, 0) is 34.1 Å². The lowest BCUT2D eigenvalue weighted by atomic mass is 10.3. The average molecular weight is 292 g/mol. The Morgan fingerprint density at radius 1 is 1.38 bits per heavy atom. The normalized spacial score (nSPS) is 10.7. The van der Waals surface area contributed by atoms with E-state index in [0.717, 1.165) is 18.2 Å². The Kier molecular flexibility index (Phi) is 4.31. The van der Waals surface area contributed by atoms with E-state index >= 15 is 0 Å². The summed E-state index contributed by atoms with van der Waals surface area (Å²) in [6.07, 6.45) is 0. The molecule has 74 valence electrons. The van der Waals surface area contributed by atoms with Crippen molar-refractivity contribution in [3.63, 3.8) is 0 Å². The summed E-state index contributed by atoms with van der Waals surface area (Å²) in [5, 5.41) is 0. The van der Waals surface area contributed by atoms with E-state index in [-0.39, 0.29) is 21.8 Å². The van der Waals surface area contributed by atoms with Gasteiger partial charge < -0.3 is 0 Å². The Balaban J connectivity index is 0.00000144. The molecular weight excluding hydrogens is 286 g/mol. The summed E-state index contributed by atoms with van der Waals surface area (Å²) in [6, 6.07) is 2.89. The van der Waals surface area contributed by atoms with E-state index in [1.807, 2.05) is 0 Å². The van der Waals surface area contributed by atoms with Crippen molar-refractivity contribution in [3.05, 3.63) is 28.5 Å². The summed E-state index contributed by atoms with van der Waals surface area (Å²) in [5.41, 5.74) is 0. The third kappa shape index (κ3) is 3.22. The standard InChI is InChI=1S/C6H4BrFO3S.ClH/c7-5-3-4(8)1-2-6(5)12(9,10)11;/h1-3H,(H,9,10,11);1H. The van der Waals surface area contributed by atoms with Gasteiger partial charge in [-0.15, -0.1) is 12.4 Å². The zero-order valence-electron chi connectivity index (χ0n) is 6.07. The van der Waals surface area contributed by atoms with Crippen molar-refractivity contribution in [1.82, 2.24) is 0 Å². The summed E-state index contributed by atoms with van der Waals surface area (Å²) in [4.78, 5) is -0.344. The summed E-state index contributed by atoms with van der Waals surface area (Å²) in [6.45, 7) is 0. The lowest BCUT2D eigenvalue weighted by Crippen LogP contribution is -1.99. The smallest absolute Gasteiger partial charge is 0.282 e. The van der Waals surface area contributed by atoms with Crippen LogP contribution >= 0.6 is 28.3 Å². The van der Waals surface area contributed by atoms with Gasteiger partial charge in [-0.1, -0.05) is 0 Å². The molecule has 0 saturated carbocycles. The second-order valence-corrected chi connectivity index (χ2v) is 4.29. The molecule has 0 radical (unpaired) electrons. The lowest BCUT2D eigenvalue weighted by Gasteiger charge is -1.99. The van der Waals surface area contributed by atoms with Crippen LogP contribution in [0.1, 0.15) is 0 Å². The minimum atomic E-state index is -4.26. The molecule has 0 atom stereocenters. The molecule has 0 aliphatic rings. The van der Waals surface area contributed by atoms with Crippen LogP contribution in [0, 0.1) is 5.82 Å². The largest absolute Gasteiger partial charge is 0.295 e. The Morgan fingerprint density at radius 3 is 2.31 bits per heavy atom. The average Bonchev–Trinajstić information content (AvgIpc) is 1.83. The highest BCUT2D eigenvalue weighted by Gasteiger charge is 2.13. The van der Waals surface area contributed by atoms with Crippen LogP contribution < -0.4 is 0 Å². The van der Waals surface area contributed by atoms with Crippen molar-refractivity contribution in [2.75, 3.05) is 0 Å². The fourth-order valence-corrected chi connectivity index (χ4v) is 2.19. The molecule has 0 aromatic heterocycles. The molecule has 1 aromatic carbocycles. The summed E-state index contributed by atoms with van der Waals surface area (Å²) in [7, 11) is -4.26. The molecule has 0 heterocycles. The second kappa shape index (κ2) is 4.36. The maximum absolute atomic E-state index is 12.4. The van der Waals surface area contributed by atoms with E-state index in [4.69, 9.17) is 4.55 Å². The van der Waals surface area contributed by atoms with Crippen molar-refractivity contribution in [3.8, 4) is 0 Å². The number of hydrogen-bond donors (Lipinski definition) is 1. The fourth-order valence-electron chi connectivity index (χ4n) is 0.684. The molecule has 1 N–H and O–H groups in total. The predicted octanol–water partition coefficient (Wildman–Crippen LogP) is 2.26. The number of hydrogen-bond acceptors (Lipinski definition) is 2. The Bertz CT molecular complexity index is 406. The number of rotatable bonds is 1. The monoisotopic (exact) mass is 290 g/mol. The molecule has 3 nitrogen and oxygen atoms in total. The molecule has 13 heavy (non-hydrogen) atoms. The van der Waals surface area contributed by atoms with Crippen LogP contribution in [0.3, 0.4) is 0 Å². The zero-order chi connectivity index (χ0) is 9.35. The van der Waals surface area contributed by atoms with Gasteiger partial charge in [0.2, 0.25) is 0 Å². The van der Waals surface area contributed by atoms with Gasteiger partial charge in [0.25, 0.3) is 10.1 Å². The van der Waals surface area contributed by atoms with Crippen LogP contribution in [0.15, 0.2) is 27.6 Å². The molecule has 0 spiro atoms. The van der Waals surface area contributed by atoms with Crippen LogP contribution in [0.5, 0.6) is 0 Å². The molecule has 0 aliphatic heterocycles. The molecule has 1 aromatic rings. The minimum absolute atomic E-state index is 0. The van der Waals surface area contributed by atoms with Gasteiger partial charge in [0, 0.05) is 4.47 Å². The van der Waals surface area contributed by atoms with Crippen LogP contribution in [0.4, 0.5) is 4.39 Å². The number of halogens is 3. The summed E-state index contributed by atoms with van der Waals surface area (Å²) < 4.78 is 42.2. The topological polar surface area (TPSA) is 54.4 Å². The molecule has 0 saturated heterocycles. The zero-order valence-corrected chi connectivity index (χ0v) is 9.29. The number of benzene rings is 1. The quantitative estimate of drug-likeness (QED) is 0.808. The van der Waals surface area contributed by atoms with Gasteiger partial charge in [0.15, 0.2) is 0 Å². The van der Waals surface area contributed by atoms with Gasteiger partial charge >= 0.3 is 0 Å². The van der Waals surface area contributed by atoms with E-state index < -0.39 is 15.9 Å². The SMILES string of the molecule is Cl.O=S(=O)(O)c1ccc(F)cc1Br. The lowest BCUT2D eigenvalue weighted by molar-refractivity contribution is 0.482. The Hall–Kier alpha value is -0.170. The fraction of sp³-hybridized carbons (Fsp3) is 0. The summed E-state index contributed by atoms with van der Waals surface area (Å²) >= 11 is 2.80. The van der Waals surface area contributed by atoms with Crippen molar-refractivity contribution in [2.45, 2.75) is 4.90 Å². The first-order valence-corrected chi connectivity index (χ1v) is 5.07. The molecule has 0 aliphatic carbocycles. The third-order valence-electron chi connectivity index (χ3n) is 1.17. The van der Waals surface area contributed by atoms with Gasteiger partial charge in [-0.3, -0.25) is 4.55 Å². The predicted molar refractivity (Wildman–Crippen MR) is 51.2 cm³/mol. The van der Waals surface area contributed by atoms with Crippen molar-refractivity contribution < 1.29 is 17.4 Å². The van der Waals surface area contributed by atoms with Gasteiger partial charge in [0.1, 0.15) is 10.7 Å². The van der Waals surface area contributed by atoms with Crippen LogP contribution in [0.2, 0.25) is 0 Å². The maximum Gasteiger partial charge on any atom is 0.295 e. The highest BCUT2D eigenvalue weighted by Crippen LogP contribution is 2.21. The van der Waals surface area contributed by atoms with Crippen molar-refractivity contribution >= 4 is 38.5 Å². The van der Waals surface area contributed by atoms with Gasteiger partial charge in [0.05, 0.1) is 0 Å². The van der Waals surface area contributed by atoms with E-state index in [1.54, 1.807) is 0 Å². The first-order valence-electron chi connectivity index (χ1n) is 2.84. The molecule has 0 bridgehead atoms. The van der Waals surface area contributed by atoms with Crippen molar-refractivity contribution in [2.24, 2.45) is 0 Å². The first kappa shape index (κ1) is 12.8. The molecule has 0 fully saturated rings. The van der Waals surface area contributed by atoms with Crippen molar-refractivity contribution in [1.29, 1.82) is 0 Å². The van der Waals surface area contributed by atoms with Gasteiger partial charge in [-0.2, -0.15) is 8.42 Å². The minimum Gasteiger partial charge on any atom is -0.282 e. The van der Waals surface area contributed by atoms with Crippen LogP contribution in [-0.2, 0) is 10.1 Å². The Labute approximate surface area is 89.2 Å². The summed E-state index contributed by atoms with van der Waals surface area (Å²) in [5.74, 6) is -0.575.